The predicted molar refractivity (Wildman–Crippen MR) is 321 cm³/mol. The minimum Gasteiger partial charge on any atom is -0.418 e. The van der Waals surface area contributed by atoms with Crippen molar-refractivity contribution in [1.29, 1.82) is 0 Å². The van der Waals surface area contributed by atoms with Crippen molar-refractivity contribution in [3.63, 3.8) is 0 Å². The Morgan fingerprint density at radius 3 is 0.907 bits per heavy atom. The molecule has 2 unspecified atom stereocenters. The summed E-state index contributed by atoms with van der Waals surface area (Å²) in [7, 11) is -3.59. The minimum absolute atomic E-state index is 0.264. The molecular formula is C66H104O7P2. The lowest BCUT2D eigenvalue weighted by molar-refractivity contribution is -0.00896. The molecule has 4 aromatic rings. The van der Waals surface area contributed by atoms with Crippen molar-refractivity contribution in [2.24, 2.45) is 0 Å². The molecule has 0 heterocycles. The Kier molecular flexibility index (Phi) is 36.7. The van der Waals surface area contributed by atoms with Crippen molar-refractivity contribution >= 4 is 17.2 Å². The minimum atomic E-state index is -1.80. The van der Waals surface area contributed by atoms with E-state index in [0.717, 1.165) is 48.7 Å². The molecule has 0 fully saturated rings. The second kappa shape index (κ2) is 42.8. The lowest BCUT2D eigenvalue weighted by Gasteiger charge is -2.23. The molecule has 0 spiro atoms. The van der Waals surface area contributed by atoms with Gasteiger partial charge in [-0.25, -0.2) is 0 Å². The van der Waals surface area contributed by atoms with E-state index in [2.05, 4.69) is 100 Å². The summed E-state index contributed by atoms with van der Waals surface area (Å²) in [5.74, 6) is 3.04. The third-order valence-electron chi connectivity index (χ3n) is 13.9. The molecule has 0 aliphatic rings. The Labute approximate surface area is 461 Å². The van der Waals surface area contributed by atoms with Gasteiger partial charge in [-0.1, -0.05) is 230 Å². The van der Waals surface area contributed by atoms with Crippen LogP contribution < -0.4 is 18.1 Å². The third kappa shape index (κ3) is 31.7. The molecule has 0 aliphatic heterocycles. The van der Waals surface area contributed by atoms with Gasteiger partial charge in [0.25, 0.3) is 0 Å². The number of ether oxygens (including phenoxy) is 1. The highest BCUT2D eigenvalue weighted by molar-refractivity contribution is 7.42. The fourth-order valence-electron chi connectivity index (χ4n) is 9.34. The normalized spacial score (nSPS) is 12.4. The maximum atomic E-state index is 6.61. The van der Waals surface area contributed by atoms with Gasteiger partial charge in [-0.3, -0.25) is 9.05 Å². The van der Waals surface area contributed by atoms with Crippen LogP contribution in [0.3, 0.4) is 0 Å². The summed E-state index contributed by atoms with van der Waals surface area (Å²) in [6.45, 7) is 13.7. The molecule has 2 atom stereocenters. The first-order chi connectivity index (χ1) is 36.9. The van der Waals surface area contributed by atoms with Gasteiger partial charge in [-0.05, 0) is 136 Å². The van der Waals surface area contributed by atoms with E-state index < -0.39 is 17.2 Å². The number of hydrogen-bond donors (Lipinski definition) is 0. The first-order valence-corrected chi connectivity index (χ1v) is 32.7. The highest BCUT2D eigenvalue weighted by Crippen LogP contribution is 2.44. The van der Waals surface area contributed by atoms with Crippen LogP contribution in [0.25, 0.3) is 0 Å². The van der Waals surface area contributed by atoms with Crippen molar-refractivity contribution in [3.05, 3.63) is 119 Å². The van der Waals surface area contributed by atoms with Gasteiger partial charge in [0.2, 0.25) is 0 Å². The van der Waals surface area contributed by atoms with Crippen LogP contribution in [0, 0.1) is 0 Å². The van der Waals surface area contributed by atoms with Gasteiger partial charge < -0.3 is 22.8 Å². The van der Waals surface area contributed by atoms with Gasteiger partial charge in [0.1, 0.15) is 23.0 Å². The molecule has 9 heteroatoms. The second-order valence-corrected chi connectivity index (χ2v) is 23.3. The van der Waals surface area contributed by atoms with Crippen LogP contribution in [0.2, 0.25) is 0 Å². The molecule has 7 nitrogen and oxygen atoms in total. The van der Waals surface area contributed by atoms with Crippen LogP contribution >= 0.6 is 17.2 Å². The molecule has 0 saturated carbocycles. The maximum Gasteiger partial charge on any atom is 0.463 e. The van der Waals surface area contributed by atoms with Crippen LogP contribution in [0.5, 0.6) is 23.0 Å². The van der Waals surface area contributed by atoms with E-state index in [1.165, 1.54) is 202 Å². The molecular weight excluding hydrogens is 967 g/mol. The lowest BCUT2D eigenvalue weighted by atomic mass is 10.0. The maximum absolute atomic E-state index is 6.61. The topological polar surface area (TPSA) is 64.6 Å². The summed E-state index contributed by atoms with van der Waals surface area (Å²) < 4.78 is 45.9. The summed E-state index contributed by atoms with van der Waals surface area (Å²) in [5, 5.41) is 0. The fourth-order valence-corrected chi connectivity index (χ4v) is 11.4. The molecule has 0 bridgehead atoms. The smallest absolute Gasteiger partial charge is 0.418 e. The summed E-state index contributed by atoms with van der Waals surface area (Å²) in [4.78, 5) is 0. The average Bonchev–Trinajstić information content (AvgIpc) is 3.41. The van der Waals surface area contributed by atoms with E-state index in [9.17, 15) is 0 Å². The molecule has 4 rings (SSSR count). The Bertz CT molecular complexity index is 1850. The average molecular weight is 1070 g/mol. The number of rotatable bonds is 48. The SMILES string of the molecule is CCCCCCCCCc1cccc(OP(OCC(C)OCC(C)OP(Oc2cccc(CCCCCCCCC)c2)Oc2cccc(CCCCCCCCC)c2)Oc2cccc(CCCCCCCCC)c2)c1. The number of aryl methyl sites for hydroxylation is 4. The van der Waals surface area contributed by atoms with Gasteiger partial charge in [0.15, 0.2) is 0 Å². The summed E-state index contributed by atoms with van der Waals surface area (Å²) in [6, 6.07) is 33.8. The van der Waals surface area contributed by atoms with E-state index in [4.69, 9.17) is 31.9 Å². The van der Waals surface area contributed by atoms with E-state index in [1.54, 1.807) is 0 Å². The first kappa shape index (κ1) is 64.3. The number of benzene rings is 4. The molecule has 0 saturated heterocycles. The molecule has 75 heavy (non-hydrogen) atoms. The van der Waals surface area contributed by atoms with Gasteiger partial charge >= 0.3 is 17.2 Å². The highest BCUT2D eigenvalue weighted by Gasteiger charge is 2.24. The fraction of sp³-hybridized carbons (Fsp3) is 0.636. The van der Waals surface area contributed by atoms with Crippen LogP contribution in [-0.4, -0.2) is 25.4 Å². The van der Waals surface area contributed by atoms with Gasteiger partial charge in [-0.2, -0.15) is 0 Å². The first-order valence-electron chi connectivity index (χ1n) is 30.5. The highest BCUT2D eigenvalue weighted by atomic mass is 31.2. The van der Waals surface area contributed by atoms with E-state index in [-0.39, 0.29) is 18.8 Å². The van der Waals surface area contributed by atoms with E-state index in [1.807, 2.05) is 38.1 Å². The summed E-state index contributed by atoms with van der Waals surface area (Å²) in [6.07, 6.45) is 39.7. The quantitative estimate of drug-likeness (QED) is 0.0323. The summed E-state index contributed by atoms with van der Waals surface area (Å²) in [5.41, 5.74) is 5.11. The van der Waals surface area contributed by atoms with Crippen molar-refractivity contribution < 1.29 is 31.9 Å². The lowest BCUT2D eigenvalue weighted by Crippen LogP contribution is -2.23. The number of unbranched alkanes of at least 4 members (excludes halogenated alkanes) is 24. The third-order valence-corrected chi connectivity index (χ3v) is 16.2. The second-order valence-electron chi connectivity index (χ2n) is 21.2. The van der Waals surface area contributed by atoms with Gasteiger partial charge in [-0.15, -0.1) is 0 Å². The van der Waals surface area contributed by atoms with E-state index in [0.29, 0.717) is 6.61 Å². The van der Waals surface area contributed by atoms with Crippen LogP contribution in [0.15, 0.2) is 97.1 Å². The molecule has 0 radical (unpaired) electrons. The molecule has 0 aromatic heterocycles. The predicted octanol–water partition coefficient (Wildman–Crippen LogP) is 21.8. The molecule has 0 aliphatic carbocycles. The van der Waals surface area contributed by atoms with Gasteiger partial charge in [0.05, 0.1) is 25.4 Å². The Morgan fingerprint density at radius 1 is 0.320 bits per heavy atom. The van der Waals surface area contributed by atoms with Crippen LogP contribution in [-0.2, 0) is 39.5 Å². The zero-order valence-electron chi connectivity index (χ0n) is 48.2. The largest absolute Gasteiger partial charge is 0.463 e. The van der Waals surface area contributed by atoms with Crippen molar-refractivity contribution in [2.45, 2.75) is 259 Å². The molecule has 0 amide bonds. The molecule has 420 valence electrons. The monoisotopic (exact) mass is 1070 g/mol. The summed E-state index contributed by atoms with van der Waals surface area (Å²) >= 11 is 0. The van der Waals surface area contributed by atoms with Crippen LogP contribution in [0.1, 0.15) is 244 Å². The van der Waals surface area contributed by atoms with E-state index >= 15 is 0 Å². The van der Waals surface area contributed by atoms with Crippen molar-refractivity contribution in [3.8, 4) is 23.0 Å². The zero-order chi connectivity index (χ0) is 53.2. The Morgan fingerprint density at radius 2 is 0.600 bits per heavy atom. The molecule has 4 aromatic carbocycles. The van der Waals surface area contributed by atoms with Crippen LogP contribution in [0.4, 0.5) is 0 Å². The standard InChI is InChI=1S/C66H104O7P2/c1-7-11-15-19-23-27-31-39-59-43-35-47-63(51-59)70-74(71-64-48-36-44-60(52-64)40-32-28-24-20-16-12-8-2)68-56-57(5)67-55-58(6)69-75(72-65-49-37-45-61(53-65)41-33-29-25-21-17-13-9-3)73-66-50-38-46-62(54-66)42-34-30-26-22-18-14-10-4/h35-38,43-54,57-58H,7-34,39-42,55-56H2,1-6H3. The Hall–Kier alpha value is -3.18. The van der Waals surface area contributed by atoms with Gasteiger partial charge in [0, 0.05) is 0 Å². The Balaban J connectivity index is 1.38. The van der Waals surface area contributed by atoms with Crippen molar-refractivity contribution in [2.75, 3.05) is 13.2 Å². The zero-order valence-corrected chi connectivity index (χ0v) is 50.0. The molecule has 0 N–H and O–H groups in total. The van der Waals surface area contributed by atoms with Crippen molar-refractivity contribution in [1.82, 2.24) is 0 Å². The number of hydrogen-bond acceptors (Lipinski definition) is 7.